The van der Waals surface area contributed by atoms with Crippen LogP contribution in [0.4, 0.5) is 0 Å². The highest BCUT2D eigenvalue weighted by Gasteiger charge is 2.15. The van der Waals surface area contributed by atoms with Crippen LogP contribution in [0.2, 0.25) is 0 Å². The zero-order chi connectivity index (χ0) is 18.8. The first kappa shape index (κ1) is 19.6. The zero-order valence-corrected chi connectivity index (χ0v) is 15.4. The molecule has 0 bridgehead atoms. The molecular formula is C22H26O4. The first-order chi connectivity index (χ1) is 12.6. The van der Waals surface area contributed by atoms with E-state index in [-0.39, 0.29) is 13.2 Å². The zero-order valence-electron chi connectivity index (χ0n) is 15.4. The van der Waals surface area contributed by atoms with E-state index in [4.69, 9.17) is 14.2 Å². The summed E-state index contributed by atoms with van der Waals surface area (Å²) in [5.74, 6) is 1.00. The van der Waals surface area contributed by atoms with Crippen LogP contribution in [-0.2, 0) is 22.4 Å². The summed E-state index contributed by atoms with van der Waals surface area (Å²) in [5.41, 5.74) is 2.38. The number of carbonyl (C=O) groups excluding carboxylic acids is 1. The number of hydrogen-bond donors (Lipinski definition) is 0. The van der Waals surface area contributed by atoms with Crippen molar-refractivity contribution in [2.24, 2.45) is 0 Å². The monoisotopic (exact) mass is 354 g/mol. The third kappa shape index (κ3) is 6.28. The summed E-state index contributed by atoms with van der Waals surface area (Å²) in [6, 6.07) is 15.7. The van der Waals surface area contributed by atoms with Gasteiger partial charge in [-0.1, -0.05) is 44.7 Å². The Kier molecular flexibility index (Phi) is 7.75. The van der Waals surface area contributed by atoms with Gasteiger partial charge < -0.3 is 14.2 Å². The number of aryl methyl sites for hydroxylation is 2. The Balaban J connectivity index is 1.97. The molecule has 0 aromatic heterocycles. The first-order valence-electron chi connectivity index (χ1n) is 8.91. The van der Waals surface area contributed by atoms with Crippen LogP contribution in [0.5, 0.6) is 11.5 Å². The van der Waals surface area contributed by atoms with E-state index in [1.807, 2.05) is 48.5 Å². The Labute approximate surface area is 155 Å². The fraction of sp³-hybridized carbons (Fsp3) is 0.318. The van der Waals surface area contributed by atoms with Gasteiger partial charge in [0.25, 0.3) is 0 Å². The van der Waals surface area contributed by atoms with Crippen molar-refractivity contribution < 1.29 is 19.0 Å². The normalized spacial score (nSPS) is 10.4. The molecule has 0 aliphatic carbocycles. The Hall–Kier alpha value is -2.75. The molecule has 0 unspecified atom stereocenters. The molecule has 2 aromatic carbocycles. The van der Waals surface area contributed by atoms with Crippen LogP contribution < -0.4 is 9.47 Å². The number of benzene rings is 2. The van der Waals surface area contributed by atoms with E-state index >= 15 is 0 Å². The Morgan fingerprint density at radius 2 is 1.46 bits per heavy atom. The van der Waals surface area contributed by atoms with Gasteiger partial charge >= 0.3 is 5.97 Å². The number of hydrogen-bond acceptors (Lipinski definition) is 4. The summed E-state index contributed by atoms with van der Waals surface area (Å²) in [7, 11) is 0. The van der Waals surface area contributed by atoms with Crippen LogP contribution in [0, 0.1) is 0 Å². The lowest BCUT2D eigenvalue weighted by Crippen LogP contribution is -2.30. The van der Waals surface area contributed by atoms with E-state index in [1.165, 1.54) is 11.1 Å². The van der Waals surface area contributed by atoms with Gasteiger partial charge in [0.1, 0.15) is 24.7 Å². The van der Waals surface area contributed by atoms with Gasteiger partial charge in [-0.15, -0.1) is 0 Å². The maximum atomic E-state index is 11.6. The molecule has 4 nitrogen and oxygen atoms in total. The Morgan fingerprint density at radius 3 is 1.88 bits per heavy atom. The topological polar surface area (TPSA) is 44.8 Å². The van der Waals surface area contributed by atoms with Gasteiger partial charge in [0.15, 0.2) is 6.10 Å². The average molecular weight is 354 g/mol. The third-order valence-electron chi connectivity index (χ3n) is 3.93. The second-order valence-electron chi connectivity index (χ2n) is 5.89. The van der Waals surface area contributed by atoms with Crippen molar-refractivity contribution in [3.05, 3.63) is 72.3 Å². The summed E-state index contributed by atoms with van der Waals surface area (Å²) in [5, 5.41) is 0. The second-order valence-corrected chi connectivity index (χ2v) is 5.89. The summed E-state index contributed by atoms with van der Waals surface area (Å²) in [6.45, 7) is 8.04. The van der Waals surface area contributed by atoms with E-state index < -0.39 is 12.1 Å². The highest BCUT2D eigenvalue weighted by molar-refractivity contribution is 5.81. The van der Waals surface area contributed by atoms with Crippen molar-refractivity contribution in [3.8, 4) is 11.5 Å². The molecule has 0 fully saturated rings. The molecule has 2 aromatic rings. The second kappa shape index (κ2) is 10.3. The van der Waals surface area contributed by atoms with Crippen LogP contribution in [0.25, 0.3) is 0 Å². The average Bonchev–Trinajstić information content (AvgIpc) is 2.70. The van der Waals surface area contributed by atoms with E-state index in [1.54, 1.807) is 0 Å². The lowest BCUT2D eigenvalue weighted by Gasteiger charge is -2.19. The fourth-order valence-corrected chi connectivity index (χ4v) is 2.42. The molecule has 4 heteroatoms. The lowest BCUT2D eigenvalue weighted by molar-refractivity contribution is -0.146. The van der Waals surface area contributed by atoms with Crippen LogP contribution in [0.15, 0.2) is 61.2 Å². The summed E-state index contributed by atoms with van der Waals surface area (Å²) in [4.78, 5) is 11.6. The summed E-state index contributed by atoms with van der Waals surface area (Å²) in [6.07, 6.45) is 2.48. The first-order valence-corrected chi connectivity index (χ1v) is 8.91. The molecule has 0 heterocycles. The van der Waals surface area contributed by atoms with Gasteiger partial charge in [-0.2, -0.15) is 0 Å². The van der Waals surface area contributed by atoms with Crippen LogP contribution in [-0.4, -0.2) is 25.3 Å². The molecule has 0 N–H and O–H groups in total. The van der Waals surface area contributed by atoms with Gasteiger partial charge in [-0.05, 0) is 48.2 Å². The van der Waals surface area contributed by atoms with Gasteiger partial charge in [0.05, 0.1) is 0 Å². The van der Waals surface area contributed by atoms with Gasteiger partial charge in [0, 0.05) is 6.08 Å². The minimum absolute atomic E-state index is 0.209. The van der Waals surface area contributed by atoms with E-state index in [2.05, 4.69) is 20.4 Å². The standard InChI is InChI=1S/C22H26O4/c1-4-17-9-7-11-19(13-17)24-15-21(26-22(23)6-3)16-25-20-12-8-10-18(5-2)14-20/h6-14,21H,3-5,15-16H2,1-2H3. The SMILES string of the molecule is C=CC(=O)OC(COc1cccc(CC)c1)COc1cccc(CC)c1. The predicted octanol–water partition coefficient (Wildman–Crippen LogP) is 4.37. The van der Waals surface area contributed by atoms with Crippen molar-refractivity contribution in [1.82, 2.24) is 0 Å². The molecule has 26 heavy (non-hydrogen) atoms. The summed E-state index contributed by atoms with van der Waals surface area (Å²) >= 11 is 0. The fourth-order valence-electron chi connectivity index (χ4n) is 2.42. The van der Waals surface area contributed by atoms with Crippen molar-refractivity contribution in [3.63, 3.8) is 0 Å². The number of rotatable bonds is 10. The van der Waals surface area contributed by atoms with E-state index in [9.17, 15) is 4.79 Å². The Bertz CT molecular complexity index is 672. The molecule has 0 saturated carbocycles. The van der Waals surface area contributed by atoms with Crippen LogP contribution in [0.3, 0.4) is 0 Å². The minimum atomic E-state index is -0.531. The number of esters is 1. The number of carbonyl (C=O) groups is 1. The van der Waals surface area contributed by atoms with Gasteiger partial charge in [-0.3, -0.25) is 0 Å². The molecule has 0 atom stereocenters. The number of ether oxygens (including phenoxy) is 3. The lowest BCUT2D eigenvalue weighted by atomic mass is 10.2. The largest absolute Gasteiger partial charge is 0.490 e. The predicted molar refractivity (Wildman–Crippen MR) is 103 cm³/mol. The molecule has 0 aliphatic rings. The maximum absolute atomic E-state index is 11.6. The molecule has 0 radical (unpaired) electrons. The van der Waals surface area contributed by atoms with E-state index in [0.717, 1.165) is 30.4 Å². The molecule has 0 spiro atoms. The third-order valence-corrected chi connectivity index (χ3v) is 3.93. The van der Waals surface area contributed by atoms with Crippen LogP contribution >= 0.6 is 0 Å². The molecule has 0 saturated heterocycles. The van der Waals surface area contributed by atoms with E-state index in [0.29, 0.717) is 0 Å². The molecule has 138 valence electrons. The van der Waals surface area contributed by atoms with Gasteiger partial charge in [-0.25, -0.2) is 4.79 Å². The Morgan fingerprint density at radius 1 is 0.962 bits per heavy atom. The highest BCUT2D eigenvalue weighted by Crippen LogP contribution is 2.16. The maximum Gasteiger partial charge on any atom is 0.330 e. The van der Waals surface area contributed by atoms with Crippen molar-refractivity contribution in [1.29, 1.82) is 0 Å². The quantitative estimate of drug-likeness (QED) is 0.469. The minimum Gasteiger partial charge on any atom is -0.490 e. The smallest absolute Gasteiger partial charge is 0.330 e. The highest BCUT2D eigenvalue weighted by atomic mass is 16.6. The van der Waals surface area contributed by atoms with Gasteiger partial charge in [0.2, 0.25) is 0 Å². The van der Waals surface area contributed by atoms with Crippen LogP contribution in [0.1, 0.15) is 25.0 Å². The molecule has 2 rings (SSSR count). The van der Waals surface area contributed by atoms with Crippen molar-refractivity contribution >= 4 is 5.97 Å². The molecule has 0 amide bonds. The molecule has 0 aliphatic heterocycles. The van der Waals surface area contributed by atoms with Crippen molar-refractivity contribution in [2.45, 2.75) is 32.8 Å². The molecular weight excluding hydrogens is 328 g/mol. The summed E-state index contributed by atoms with van der Waals surface area (Å²) < 4.78 is 16.9. The van der Waals surface area contributed by atoms with Crippen molar-refractivity contribution in [2.75, 3.05) is 13.2 Å².